The van der Waals surface area contributed by atoms with E-state index in [0.717, 1.165) is 19.4 Å². The lowest BCUT2D eigenvalue weighted by atomic mass is 10.3. The van der Waals surface area contributed by atoms with Crippen LogP contribution in [0.2, 0.25) is 5.02 Å². The summed E-state index contributed by atoms with van der Waals surface area (Å²) in [5.41, 5.74) is 0.320. The van der Waals surface area contributed by atoms with Crippen molar-refractivity contribution in [2.45, 2.75) is 19.3 Å². The predicted octanol–water partition coefficient (Wildman–Crippen LogP) is 2.55. The van der Waals surface area contributed by atoms with E-state index in [1.807, 2.05) is 4.90 Å². The summed E-state index contributed by atoms with van der Waals surface area (Å²) in [4.78, 5) is 23.6. The number of likely N-dealkylation sites (tertiary alicyclic amines) is 1. The van der Waals surface area contributed by atoms with Gasteiger partial charge in [-0.25, -0.2) is 0 Å². The SMILES string of the molecule is O=C1CCCN1CCCNC(=S)Nc1cc([N+](=O)[O-])ccc1Cl. The van der Waals surface area contributed by atoms with E-state index in [4.69, 9.17) is 23.8 Å². The number of nitrogens with one attached hydrogen (secondary N) is 2. The third-order valence-electron chi connectivity index (χ3n) is 3.47. The highest BCUT2D eigenvalue weighted by molar-refractivity contribution is 7.80. The highest BCUT2D eigenvalue weighted by Crippen LogP contribution is 2.26. The van der Waals surface area contributed by atoms with Gasteiger partial charge in [-0.3, -0.25) is 14.9 Å². The van der Waals surface area contributed by atoms with Crippen molar-refractivity contribution in [1.29, 1.82) is 0 Å². The van der Waals surface area contributed by atoms with Crippen LogP contribution in [-0.2, 0) is 4.79 Å². The Morgan fingerprint density at radius 3 is 2.91 bits per heavy atom. The van der Waals surface area contributed by atoms with Gasteiger partial charge in [-0.2, -0.15) is 0 Å². The van der Waals surface area contributed by atoms with Gasteiger partial charge in [-0.05, 0) is 31.1 Å². The molecule has 1 aliphatic rings. The highest BCUT2D eigenvalue weighted by atomic mass is 35.5. The molecular formula is C14H17ClN4O3S. The number of halogens is 1. The Kier molecular flexibility index (Phi) is 6.12. The normalized spacial score (nSPS) is 14.0. The van der Waals surface area contributed by atoms with Crippen molar-refractivity contribution in [3.8, 4) is 0 Å². The topological polar surface area (TPSA) is 87.5 Å². The molecule has 1 fully saturated rings. The molecular weight excluding hydrogens is 340 g/mol. The van der Waals surface area contributed by atoms with Crippen LogP contribution >= 0.6 is 23.8 Å². The smallest absolute Gasteiger partial charge is 0.271 e. The molecule has 0 unspecified atom stereocenters. The van der Waals surface area contributed by atoms with Gasteiger partial charge in [-0.15, -0.1) is 0 Å². The lowest BCUT2D eigenvalue weighted by Crippen LogP contribution is -2.32. The maximum atomic E-state index is 11.5. The second-order valence-corrected chi connectivity index (χ2v) is 5.96. The molecule has 1 aliphatic heterocycles. The van der Waals surface area contributed by atoms with E-state index in [1.54, 1.807) is 0 Å². The van der Waals surface area contributed by atoms with Crippen molar-refractivity contribution in [3.63, 3.8) is 0 Å². The molecule has 0 radical (unpaired) electrons. The van der Waals surface area contributed by atoms with Crippen LogP contribution in [0.5, 0.6) is 0 Å². The number of nitro benzene ring substituents is 1. The minimum atomic E-state index is -0.495. The Morgan fingerprint density at radius 2 is 2.26 bits per heavy atom. The number of carbonyl (C=O) groups excluding carboxylic acids is 1. The fourth-order valence-corrected chi connectivity index (χ4v) is 2.68. The number of hydrogen-bond donors (Lipinski definition) is 2. The maximum absolute atomic E-state index is 11.5. The number of rotatable bonds is 6. The van der Waals surface area contributed by atoms with Crippen molar-refractivity contribution in [1.82, 2.24) is 10.2 Å². The first-order valence-corrected chi connectivity index (χ1v) is 8.02. The van der Waals surface area contributed by atoms with Crippen molar-refractivity contribution in [2.75, 3.05) is 25.0 Å². The summed E-state index contributed by atoms with van der Waals surface area (Å²) < 4.78 is 0. The molecule has 1 saturated heterocycles. The molecule has 0 aromatic heterocycles. The molecule has 9 heteroatoms. The lowest BCUT2D eigenvalue weighted by molar-refractivity contribution is -0.384. The maximum Gasteiger partial charge on any atom is 0.271 e. The average molecular weight is 357 g/mol. The van der Waals surface area contributed by atoms with E-state index in [9.17, 15) is 14.9 Å². The zero-order chi connectivity index (χ0) is 16.8. The monoisotopic (exact) mass is 356 g/mol. The molecule has 0 saturated carbocycles. The Bertz CT molecular complexity index is 626. The molecule has 23 heavy (non-hydrogen) atoms. The van der Waals surface area contributed by atoms with Gasteiger partial charge < -0.3 is 15.5 Å². The first kappa shape index (κ1) is 17.4. The molecule has 1 aromatic rings. The zero-order valence-electron chi connectivity index (χ0n) is 12.4. The number of anilines is 1. The molecule has 2 rings (SSSR count). The summed E-state index contributed by atoms with van der Waals surface area (Å²) in [5.74, 6) is 0.203. The van der Waals surface area contributed by atoms with E-state index in [1.165, 1.54) is 18.2 Å². The molecule has 0 aliphatic carbocycles. The van der Waals surface area contributed by atoms with Crippen molar-refractivity contribution < 1.29 is 9.72 Å². The number of nitrogens with zero attached hydrogens (tertiary/aromatic N) is 2. The summed E-state index contributed by atoms with van der Waals surface area (Å²) in [6, 6.07) is 4.11. The van der Waals surface area contributed by atoms with Crippen LogP contribution in [0.4, 0.5) is 11.4 Å². The largest absolute Gasteiger partial charge is 0.362 e. The highest BCUT2D eigenvalue weighted by Gasteiger charge is 2.19. The van der Waals surface area contributed by atoms with Gasteiger partial charge in [0.15, 0.2) is 5.11 Å². The molecule has 1 heterocycles. The van der Waals surface area contributed by atoms with E-state index in [2.05, 4.69) is 10.6 Å². The first-order valence-electron chi connectivity index (χ1n) is 7.24. The summed E-state index contributed by atoms with van der Waals surface area (Å²) in [7, 11) is 0. The van der Waals surface area contributed by atoms with Gasteiger partial charge in [0.25, 0.3) is 5.69 Å². The third kappa shape index (κ3) is 5.04. The summed E-state index contributed by atoms with van der Waals surface area (Å²) in [6.07, 6.45) is 2.34. The van der Waals surface area contributed by atoms with Crippen LogP contribution in [0.1, 0.15) is 19.3 Å². The quantitative estimate of drug-likeness (QED) is 0.352. The molecule has 124 valence electrons. The van der Waals surface area contributed by atoms with Crippen LogP contribution in [0.25, 0.3) is 0 Å². The van der Waals surface area contributed by atoms with Crippen LogP contribution in [0.15, 0.2) is 18.2 Å². The van der Waals surface area contributed by atoms with Crippen molar-refractivity contribution in [2.24, 2.45) is 0 Å². The summed E-state index contributed by atoms with van der Waals surface area (Å²) in [5, 5.41) is 17.3. The number of benzene rings is 1. The number of thiocarbonyl (C=S) groups is 1. The summed E-state index contributed by atoms with van der Waals surface area (Å²) >= 11 is 11.1. The van der Waals surface area contributed by atoms with Gasteiger partial charge in [0.05, 0.1) is 15.6 Å². The van der Waals surface area contributed by atoms with Gasteiger partial charge in [0.2, 0.25) is 5.91 Å². The lowest BCUT2D eigenvalue weighted by Gasteiger charge is -2.16. The Labute approximate surface area is 144 Å². The minimum absolute atomic E-state index is 0.0627. The molecule has 0 atom stereocenters. The molecule has 1 amide bonds. The average Bonchev–Trinajstić information content (AvgIpc) is 2.91. The Morgan fingerprint density at radius 1 is 1.48 bits per heavy atom. The van der Waals surface area contributed by atoms with Crippen LogP contribution in [0.3, 0.4) is 0 Å². The van der Waals surface area contributed by atoms with Crippen LogP contribution in [-0.4, -0.2) is 40.5 Å². The summed E-state index contributed by atoms with van der Waals surface area (Å²) in [6.45, 7) is 2.12. The van der Waals surface area contributed by atoms with Gasteiger partial charge in [-0.1, -0.05) is 11.6 Å². The van der Waals surface area contributed by atoms with Gasteiger partial charge in [0, 0.05) is 38.2 Å². The fraction of sp³-hybridized carbons (Fsp3) is 0.429. The molecule has 0 spiro atoms. The van der Waals surface area contributed by atoms with E-state index in [-0.39, 0.29) is 11.6 Å². The fourth-order valence-electron chi connectivity index (χ4n) is 2.30. The standard InChI is InChI=1S/C14H17ClN4O3S/c15-11-5-4-10(19(21)22)9-12(11)17-14(23)16-6-2-8-18-7-1-3-13(18)20/h4-5,9H,1-3,6-8H2,(H2,16,17,23). The van der Waals surface area contributed by atoms with E-state index in [0.29, 0.717) is 35.3 Å². The molecule has 2 N–H and O–H groups in total. The number of amides is 1. The first-order chi connectivity index (χ1) is 11.0. The van der Waals surface area contributed by atoms with Crippen molar-refractivity contribution in [3.05, 3.63) is 33.3 Å². The third-order valence-corrected chi connectivity index (χ3v) is 4.05. The van der Waals surface area contributed by atoms with E-state index < -0.39 is 4.92 Å². The second kappa shape index (κ2) is 8.07. The zero-order valence-corrected chi connectivity index (χ0v) is 14.0. The number of non-ortho nitro benzene ring substituents is 1. The Hall–Kier alpha value is -1.93. The van der Waals surface area contributed by atoms with Crippen LogP contribution < -0.4 is 10.6 Å². The molecule has 1 aromatic carbocycles. The van der Waals surface area contributed by atoms with Gasteiger partial charge >= 0.3 is 0 Å². The van der Waals surface area contributed by atoms with Gasteiger partial charge in [0.1, 0.15) is 0 Å². The molecule has 7 nitrogen and oxygen atoms in total. The van der Waals surface area contributed by atoms with E-state index >= 15 is 0 Å². The van der Waals surface area contributed by atoms with Crippen molar-refractivity contribution >= 4 is 46.2 Å². The number of nitro groups is 1. The minimum Gasteiger partial charge on any atom is -0.362 e. The second-order valence-electron chi connectivity index (χ2n) is 5.14. The van der Waals surface area contributed by atoms with Crippen LogP contribution in [0, 0.1) is 10.1 Å². The number of hydrogen-bond acceptors (Lipinski definition) is 4. The Balaban J connectivity index is 1.77. The predicted molar refractivity (Wildman–Crippen MR) is 92.8 cm³/mol. The number of carbonyl (C=O) groups is 1. The molecule has 0 bridgehead atoms.